The van der Waals surface area contributed by atoms with E-state index in [9.17, 15) is 9.59 Å². The van der Waals surface area contributed by atoms with E-state index in [1.807, 2.05) is 0 Å². The van der Waals surface area contributed by atoms with Gasteiger partial charge in [0.15, 0.2) is 5.96 Å². The summed E-state index contributed by atoms with van der Waals surface area (Å²) >= 11 is 0. The highest BCUT2D eigenvalue weighted by molar-refractivity contribution is 14.0. The number of hydrogen-bond donors (Lipinski definition) is 1. The van der Waals surface area contributed by atoms with E-state index in [4.69, 9.17) is 9.47 Å². The topological polar surface area (TPSA) is 83.5 Å². The smallest absolute Gasteiger partial charge is 0.409 e. The summed E-state index contributed by atoms with van der Waals surface area (Å²) in [4.78, 5) is 31.0. The number of halogens is 1. The number of amides is 1. The molecule has 1 heterocycles. The molecule has 0 aliphatic carbocycles. The van der Waals surface area contributed by atoms with E-state index < -0.39 is 0 Å². The highest BCUT2D eigenvalue weighted by Crippen LogP contribution is 2.04. The zero-order valence-electron chi connectivity index (χ0n) is 14.7. The molecule has 1 N–H and O–H groups in total. The number of carbonyl (C=O) groups excluding carboxylic acids is 2. The van der Waals surface area contributed by atoms with Crippen LogP contribution in [0.25, 0.3) is 0 Å². The molecule has 24 heavy (non-hydrogen) atoms. The van der Waals surface area contributed by atoms with Crippen molar-refractivity contribution in [2.75, 3.05) is 53.0 Å². The molecular weight excluding hydrogens is 427 g/mol. The maximum atomic E-state index is 11.7. The third-order valence-corrected chi connectivity index (χ3v) is 3.46. The van der Waals surface area contributed by atoms with Crippen LogP contribution < -0.4 is 5.32 Å². The minimum absolute atomic E-state index is 0. The van der Waals surface area contributed by atoms with Crippen molar-refractivity contribution >= 4 is 42.0 Å². The first-order chi connectivity index (χ1) is 11.1. The van der Waals surface area contributed by atoms with Crippen molar-refractivity contribution in [2.45, 2.75) is 26.7 Å². The largest absolute Gasteiger partial charge is 0.466 e. The monoisotopic (exact) mass is 456 g/mol. The van der Waals surface area contributed by atoms with Crippen LogP contribution in [0.1, 0.15) is 26.7 Å². The van der Waals surface area contributed by atoms with Gasteiger partial charge >= 0.3 is 12.1 Å². The Morgan fingerprint density at radius 1 is 1.04 bits per heavy atom. The lowest BCUT2D eigenvalue weighted by Gasteiger charge is -2.35. The van der Waals surface area contributed by atoms with Gasteiger partial charge in [-0.15, -0.1) is 24.0 Å². The quantitative estimate of drug-likeness (QED) is 0.213. The molecule has 1 fully saturated rings. The van der Waals surface area contributed by atoms with E-state index >= 15 is 0 Å². The Bertz CT molecular complexity index is 412. The molecule has 0 atom stereocenters. The van der Waals surface area contributed by atoms with Crippen LogP contribution in [-0.4, -0.2) is 80.8 Å². The van der Waals surface area contributed by atoms with Crippen molar-refractivity contribution in [2.24, 2.45) is 4.99 Å². The van der Waals surface area contributed by atoms with Gasteiger partial charge in [0.2, 0.25) is 0 Å². The molecule has 8 nitrogen and oxygen atoms in total. The first-order valence-corrected chi connectivity index (χ1v) is 8.15. The summed E-state index contributed by atoms with van der Waals surface area (Å²) in [5, 5.41) is 3.24. The lowest BCUT2D eigenvalue weighted by atomic mass is 10.3. The van der Waals surface area contributed by atoms with Crippen LogP contribution in [0.5, 0.6) is 0 Å². The summed E-state index contributed by atoms with van der Waals surface area (Å²) in [6.45, 7) is 7.70. The fourth-order valence-electron chi connectivity index (χ4n) is 2.31. The summed E-state index contributed by atoms with van der Waals surface area (Å²) in [5.74, 6) is 0.615. The number of nitrogens with one attached hydrogen (secondary N) is 1. The van der Waals surface area contributed by atoms with Gasteiger partial charge in [-0.1, -0.05) is 0 Å². The van der Waals surface area contributed by atoms with Gasteiger partial charge in [0.1, 0.15) is 0 Å². The molecule has 1 amide bonds. The summed E-state index contributed by atoms with van der Waals surface area (Å²) in [6.07, 6.45) is 0.833. The van der Waals surface area contributed by atoms with Crippen molar-refractivity contribution in [3.05, 3.63) is 0 Å². The molecule has 0 aromatic heterocycles. The Labute approximate surface area is 161 Å². The first kappa shape index (κ1) is 22.7. The molecule has 0 saturated carbocycles. The minimum Gasteiger partial charge on any atom is -0.466 e. The molecule has 1 rings (SSSR count). The third kappa shape index (κ3) is 8.02. The van der Waals surface area contributed by atoms with Gasteiger partial charge < -0.3 is 24.6 Å². The van der Waals surface area contributed by atoms with Crippen LogP contribution in [0.2, 0.25) is 0 Å². The Hall–Kier alpha value is -1.26. The van der Waals surface area contributed by atoms with Crippen molar-refractivity contribution < 1.29 is 19.1 Å². The second-order valence-corrected chi connectivity index (χ2v) is 5.06. The number of guanidine groups is 1. The summed E-state index contributed by atoms with van der Waals surface area (Å²) < 4.78 is 9.89. The zero-order valence-corrected chi connectivity index (χ0v) is 17.1. The number of hydrogen-bond acceptors (Lipinski definition) is 5. The predicted molar refractivity (Wildman–Crippen MR) is 103 cm³/mol. The molecule has 1 saturated heterocycles. The van der Waals surface area contributed by atoms with Gasteiger partial charge in [0.05, 0.1) is 13.2 Å². The molecule has 0 radical (unpaired) electrons. The van der Waals surface area contributed by atoms with E-state index in [0.717, 1.165) is 5.96 Å². The fourth-order valence-corrected chi connectivity index (χ4v) is 2.31. The fraction of sp³-hybridized carbons (Fsp3) is 0.800. The van der Waals surface area contributed by atoms with E-state index in [2.05, 4.69) is 15.2 Å². The lowest BCUT2D eigenvalue weighted by molar-refractivity contribution is -0.143. The van der Waals surface area contributed by atoms with E-state index in [0.29, 0.717) is 58.8 Å². The van der Waals surface area contributed by atoms with Crippen molar-refractivity contribution in [1.82, 2.24) is 15.1 Å². The molecule has 1 aliphatic heterocycles. The normalized spacial score (nSPS) is 14.7. The van der Waals surface area contributed by atoms with Crippen LogP contribution in [-0.2, 0) is 14.3 Å². The van der Waals surface area contributed by atoms with Crippen LogP contribution in [0.4, 0.5) is 4.79 Å². The van der Waals surface area contributed by atoms with Crippen LogP contribution in [0, 0.1) is 0 Å². The number of esters is 1. The van der Waals surface area contributed by atoms with Crippen molar-refractivity contribution in [3.63, 3.8) is 0 Å². The van der Waals surface area contributed by atoms with Gasteiger partial charge in [0, 0.05) is 46.2 Å². The summed E-state index contributed by atoms with van der Waals surface area (Å²) in [5.41, 5.74) is 0. The van der Waals surface area contributed by atoms with Gasteiger partial charge in [-0.3, -0.25) is 9.79 Å². The standard InChI is InChI=1S/C15H28N4O4.HI/c1-4-22-13(20)7-6-8-17-14(16-3)18-9-11-19(12-10-18)15(21)23-5-2;/h4-12H2,1-3H3,(H,16,17);1H. The van der Waals surface area contributed by atoms with Gasteiger partial charge in [-0.2, -0.15) is 0 Å². The average molecular weight is 456 g/mol. The first-order valence-electron chi connectivity index (χ1n) is 8.15. The van der Waals surface area contributed by atoms with E-state index in [-0.39, 0.29) is 36.0 Å². The van der Waals surface area contributed by atoms with Crippen LogP contribution >= 0.6 is 24.0 Å². The lowest BCUT2D eigenvalue weighted by Crippen LogP contribution is -2.54. The maximum absolute atomic E-state index is 11.7. The number of rotatable bonds is 6. The Morgan fingerprint density at radius 3 is 2.17 bits per heavy atom. The van der Waals surface area contributed by atoms with Gasteiger partial charge in [-0.25, -0.2) is 4.79 Å². The van der Waals surface area contributed by atoms with Crippen molar-refractivity contribution in [1.29, 1.82) is 0 Å². The summed E-state index contributed by atoms with van der Waals surface area (Å²) in [6, 6.07) is 0. The molecule has 0 aromatic rings. The van der Waals surface area contributed by atoms with Crippen LogP contribution in [0.3, 0.4) is 0 Å². The SMILES string of the molecule is CCOC(=O)CCCNC(=NC)N1CCN(C(=O)OCC)CC1.I. The number of piperazine rings is 1. The number of nitrogens with zero attached hydrogens (tertiary/aromatic N) is 3. The highest BCUT2D eigenvalue weighted by atomic mass is 127. The zero-order chi connectivity index (χ0) is 17.1. The number of aliphatic imine (C=N–C) groups is 1. The Balaban J connectivity index is 0.00000529. The molecule has 0 bridgehead atoms. The number of carbonyl (C=O) groups is 2. The Morgan fingerprint density at radius 2 is 1.62 bits per heavy atom. The minimum atomic E-state index is -0.260. The van der Waals surface area contributed by atoms with Gasteiger partial charge in [-0.05, 0) is 20.3 Å². The van der Waals surface area contributed by atoms with E-state index in [1.54, 1.807) is 25.8 Å². The molecule has 0 spiro atoms. The second kappa shape index (κ2) is 13.1. The van der Waals surface area contributed by atoms with E-state index in [1.165, 1.54) is 0 Å². The second-order valence-electron chi connectivity index (χ2n) is 5.06. The van der Waals surface area contributed by atoms with Gasteiger partial charge in [0.25, 0.3) is 0 Å². The predicted octanol–water partition coefficient (Wildman–Crippen LogP) is 1.30. The molecule has 0 aromatic carbocycles. The molecule has 0 unspecified atom stereocenters. The maximum Gasteiger partial charge on any atom is 0.409 e. The average Bonchev–Trinajstić information content (AvgIpc) is 2.56. The third-order valence-electron chi connectivity index (χ3n) is 3.46. The Kier molecular flexibility index (Phi) is 12.4. The molecule has 1 aliphatic rings. The molecule has 9 heteroatoms. The molecule has 140 valence electrons. The highest BCUT2D eigenvalue weighted by Gasteiger charge is 2.23. The summed E-state index contributed by atoms with van der Waals surface area (Å²) in [7, 11) is 1.73. The van der Waals surface area contributed by atoms with Crippen molar-refractivity contribution in [3.8, 4) is 0 Å². The molecular formula is C15H29IN4O4. The van der Waals surface area contributed by atoms with Crippen LogP contribution in [0.15, 0.2) is 4.99 Å². The number of ether oxygens (including phenoxy) is 2.